The van der Waals surface area contributed by atoms with Crippen molar-refractivity contribution in [2.45, 2.75) is 20.8 Å². The average Bonchev–Trinajstić information content (AvgIpc) is 2.42. The van der Waals surface area contributed by atoms with E-state index < -0.39 is 0 Å². The maximum Gasteiger partial charge on any atom is 0.250 e. The standard InChI is InChI=1S/C10H17N3O2/c1-5-15-6-9(14)11-10-7(2)12-13(4)8(10)3/h5-6H2,1-4H3,(H,11,14). The van der Waals surface area contributed by atoms with Gasteiger partial charge in [-0.1, -0.05) is 0 Å². The molecule has 0 aliphatic carbocycles. The van der Waals surface area contributed by atoms with Crippen molar-refractivity contribution in [1.29, 1.82) is 0 Å². The first kappa shape index (κ1) is 11.7. The van der Waals surface area contributed by atoms with Gasteiger partial charge >= 0.3 is 0 Å². The predicted molar refractivity (Wildman–Crippen MR) is 57.8 cm³/mol. The minimum Gasteiger partial charge on any atom is -0.372 e. The molecule has 0 aliphatic heterocycles. The highest BCUT2D eigenvalue weighted by molar-refractivity contribution is 5.92. The maximum absolute atomic E-state index is 11.4. The average molecular weight is 211 g/mol. The van der Waals surface area contributed by atoms with Gasteiger partial charge in [0.2, 0.25) is 5.91 Å². The third kappa shape index (κ3) is 2.79. The van der Waals surface area contributed by atoms with E-state index >= 15 is 0 Å². The summed E-state index contributed by atoms with van der Waals surface area (Å²) in [6.07, 6.45) is 0. The van der Waals surface area contributed by atoms with Crippen LogP contribution >= 0.6 is 0 Å². The first-order chi connectivity index (χ1) is 7.06. The van der Waals surface area contributed by atoms with Crippen LogP contribution in [0.5, 0.6) is 0 Å². The lowest BCUT2D eigenvalue weighted by atomic mass is 10.3. The van der Waals surface area contributed by atoms with Crippen molar-refractivity contribution < 1.29 is 9.53 Å². The number of carbonyl (C=O) groups is 1. The zero-order chi connectivity index (χ0) is 11.4. The Labute approximate surface area is 89.4 Å². The van der Waals surface area contributed by atoms with E-state index in [0.717, 1.165) is 17.1 Å². The minimum atomic E-state index is -0.143. The summed E-state index contributed by atoms with van der Waals surface area (Å²) in [5.74, 6) is -0.143. The molecule has 0 saturated heterocycles. The third-order valence-electron chi connectivity index (χ3n) is 2.21. The molecular weight excluding hydrogens is 194 g/mol. The Balaban J connectivity index is 2.68. The van der Waals surface area contributed by atoms with Gasteiger partial charge in [0.25, 0.3) is 0 Å². The van der Waals surface area contributed by atoms with Crippen LogP contribution in [0.15, 0.2) is 0 Å². The van der Waals surface area contributed by atoms with Crippen LogP contribution < -0.4 is 5.32 Å². The molecule has 0 unspecified atom stereocenters. The van der Waals surface area contributed by atoms with Crippen molar-refractivity contribution in [1.82, 2.24) is 9.78 Å². The number of carbonyl (C=O) groups excluding carboxylic acids is 1. The van der Waals surface area contributed by atoms with E-state index in [1.165, 1.54) is 0 Å². The monoisotopic (exact) mass is 211 g/mol. The number of ether oxygens (including phenoxy) is 1. The van der Waals surface area contributed by atoms with Crippen LogP contribution in [0, 0.1) is 13.8 Å². The van der Waals surface area contributed by atoms with E-state index in [2.05, 4.69) is 10.4 Å². The molecule has 0 spiro atoms. The second kappa shape index (κ2) is 4.93. The molecule has 1 aromatic rings. The Hall–Kier alpha value is -1.36. The largest absolute Gasteiger partial charge is 0.372 e. The fourth-order valence-corrected chi connectivity index (χ4v) is 1.32. The Kier molecular flexibility index (Phi) is 3.85. The molecule has 0 bridgehead atoms. The second-order valence-electron chi connectivity index (χ2n) is 3.35. The summed E-state index contributed by atoms with van der Waals surface area (Å²) in [6, 6.07) is 0. The molecule has 0 aliphatic rings. The van der Waals surface area contributed by atoms with E-state index in [0.29, 0.717) is 6.61 Å². The van der Waals surface area contributed by atoms with E-state index in [9.17, 15) is 4.79 Å². The van der Waals surface area contributed by atoms with Gasteiger partial charge in [0.15, 0.2) is 0 Å². The van der Waals surface area contributed by atoms with E-state index in [1.807, 2.05) is 27.8 Å². The number of rotatable bonds is 4. The zero-order valence-electron chi connectivity index (χ0n) is 9.63. The Morgan fingerprint density at radius 3 is 2.67 bits per heavy atom. The van der Waals surface area contributed by atoms with Crippen LogP contribution in [0.2, 0.25) is 0 Å². The van der Waals surface area contributed by atoms with Crippen molar-refractivity contribution in [3.8, 4) is 0 Å². The number of aryl methyl sites for hydroxylation is 2. The molecule has 1 N–H and O–H groups in total. The topological polar surface area (TPSA) is 56.1 Å². The Morgan fingerprint density at radius 2 is 2.20 bits per heavy atom. The summed E-state index contributed by atoms with van der Waals surface area (Å²) in [5, 5.41) is 6.99. The molecule has 1 aromatic heterocycles. The lowest BCUT2D eigenvalue weighted by Gasteiger charge is -2.05. The lowest BCUT2D eigenvalue weighted by Crippen LogP contribution is -2.19. The van der Waals surface area contributed by atoms with E-state index in [4.69, 9.17) is 4.74 Å². The van der Waals surface area contributed by atoms with Crippen molar-refractivity contribution >= 4 is 11.6 Å². The molecule has 0 saturated carbocycles. The molecule has 0 radical (unpaired) electrons. The van der Waals surface area contributed by atoms with Gasteiger partial charge in [-0.3, -0.25) is 9.48 Å². The molecule has 1 heterocycles. The minimum absolute atomic E-state index is 0.0876. The number of aromatic nitrogens is 2. The normalized spacial score (nSPS) is 10.4. The number of hydrogen-bond donors (Lipinski definition) is 1. The number of hydrogen-bond acceptors (Lipinski definition) is 3. The van der Waals surface area contributed by atoms with Crippen molar-refractivity contribution in [2.24, 2.45) is 7.05 Å². The van der Waals surface area contributed by atoms with Crippen molar-refractivity contribution in [2.75, 3.05) is 18.5 Å². The Morgan fingerprint density at radius 1 is 1.53 bits per heavy atom. The summed E-state index contributed by atoms with van der Waals surface area (Å²) in [7, 11) is 1.85. The summed E-state index contributed by atoms with van der Waals surface area (Å²) >= 11 is 0. The van der Waals surface area contributed by atoms with Gasteiger partial charge in [0, 0.05) is 13.7 Å². The maximum atomic E-state index is 11.4. The summed E-state index contributed by atoms with van der Waals surface area (Å²) in [6.45, 7) is 6.26. The van der Waals surface area contributed by atoms with Gasteiger partial charge < -0.3 is 10.1 Å². The number of nitrogens with one attached hydrogen (secondary N) is 1. The summed E-state index contributed by atoms with van der Waals surface area (Å²) in [5.41, 5.74) is 2.54. The summed E-state index contributed by atoms with van der Waals surface area (Å²) in [4.78, 5) is 11.4. The molecule has 5 nitrogen and oxygen atoms in total. The van der Waals surface area contributed by atoms with Crippen LogP contribution in [0.1, 0.15) is 18.3 Å². The fourth-order valence-electron chi connectivity index (χ4n) is 1.32. The van der Waals surface area contributed by atoms with Crippen molar-refractivity contribution in [3.63, 3.8) is 0 Å². The number of amides is 1. The van der Waals surface area contributed by atoms with E-state index in [1.54, 1.807) is 4.68 Å². The smallest absolute Gasteiger partial charge is 0.250 e. The van der Waals surface area contributed by atoms with Gasteiger partial charge in [0.05, 0.1) is 17.1 Å². The second-order valence-corrected chi connectivity index (χ2v) is 3.35. The molecule has 1 amide bonds. The zero-order valence-corrected chi connectivity index (χ0v) is 9.63. The van der Waals surface area contributed by atoms with Gasteiger partial charge in [-0.15, -0.1) is 0 Å². The first-order valence-corrected chi connectivity index (χ1v) is 4.94. The van der Waals surface area contributed by atoms with Gasteiger partial charge in [-0.05, 0) is 20.8 Å². The van der Waals surface area contributed by atoms with Crippen LogP contribution in [0.4, 0.5) is 5.69 Å². The molecule has 1 rings (SSSR count). The number of nitrogens with zero attached hydrogens (tertiary/aromatic N) is 2. The highest BCUT2D eigenvalue weighted by atomic mass is 16.5. The molecule has 84 valence electrons. The van der Waals surface area contributed by atoms with Gasteiger partial charge in [-0.25, -0.2) is 0 Å². The summed E-state index contributed by atoms with van der Waals surface area (Å²) < 4.78 is 6.76. The molecule has 5 heteroatoms. The lowest BCUT2D eigenvalue weighted by molar-refractivity contribution is -0.120. The van der Waals surface area contributed by atoms with E-state index in [-0.39, 0.29) is 12.5 Å². The highest BCUT2D eigenvalue weighted by Crippen LogP contribution is 2.17. The van der Waals surface area contributed by atoms with Crippen LogP contribution in [0.25, 0.3) is 0 Å². The van der Waals surface area contributed by atoms with Gasteiger partial charge in [0.1, 0.15) is 6.61 Å². The fraction of sp³-hybridized carbons (Fsp3) is 0.600. The Bertz CT molecular complexity index is 358. The third-order valence-corrected chi connectivity index (χ3v) is 2.21. The molecular formula is C10H17N3O2. The van der Waals surface area contributed by atoms with Gasteiger partial charge in [-0.2, -0.15) is 5.10 Å². The molecule has 0 aromatic carbocycles. The number of anilines is 1. The molecule has 0 fully saturated rings. The first-order valence-electron chi connectivity index (χ1n) is 4.94. The SMILES string of the molecule is CCOCC(=O)Nc1c(C)nn(C)c1C. The van der Waals surface area contributed by atoms with Crippen molar-refractivity contribution in [3.05, 3.63) is 11.4 Å². The molecule has 0 atom stereocenters. The highest BCUT2D eigenvalue weighted by Gasteiger charge is 2.11. The quantitative estimate of drug-likeness (QED) is 0.808. The van der Waals surface area contributed by atoms with Crippen LogP contribution in [-0.4, -0.2) is 28.9 Å². The predicted octanol–water partition coefficient (Wildman–Crippen LogP) is 1.01. The molecule has 15 heavy (non-hydrogen) atoms. The van der Waals surface area contributed by atoms with Crippen LogP contribution in [-0.2, 0) is 16.6 Å². The van der Waals surface area contributed by atoms with Crippen LogP contribution in [0.3, 0.4) is 0 Å².